The molecule has 1 heterocycles. The minimum atomic E-state index is 0. The van der Waals surface area contributed by atoms with Gasteiger partial charge in [0.2, 0.25) is 0 Å². The van der Waals surface area contributed by atoms with Gasteiger partial charge >= 0.3 is 0 Å². The molecule has 0 spiro atoms. The first-order valence-corrected chi connectivity index (χ1v) is 5.58. The van der Waals surface area contributed by atoms with Gasteiger partial charge in [-0.25, -0.2) is 0 Å². The number of hydrogen-bond donors (Lipinski definition) is 1. The Morgan fingerprint density at radius 1 is 1.33 bits per heavy atom. The summed E-state index contributed by atoms with van der Waals surface area (Å²) >= 11 is 0. The van der Waals surface area contributed by atoms with E-state index >= 15 is 0 Å². The van der Waals surface area contributed by atoms with Gasteiger partial charge < -0.3 is 5.32 Å². The van der Waals surface area contributed by atoms with Crippen LogP contribution in [0.1, 0.15) is 30.4 Å². The largest absolute Gasteiger partial charge is 0.316 e. The molecule has 1 aliphatic carbocycles. The van der Waals surface area contributed by atoms with Gasteiger partial charge in [0.15, 0.2) is 0 Å². The second-order valence-corrected chi connectivity index (χ2v) is 5.04. The van der Waals surface area contributed by atoms with E-state index in [-0.39, 0.29) is 12.4 Å². The Balaban J connectivity index is 0.000000853. The number of hydrogen-bond acceptors (Lipinski definition) is 1. The van der Waals surface area contributed by atoms with E-state index in [1.54, 1.807) is 11.1 Å². The number of nitrogens with one attached hydrogen (secondary N) is 1. The molecule has 82 valence electrons. The van der Waals surface area contributed by atoms with E-state index in [0.29, 0.717) is 5.41 Å². The predicted octanol–water partition coefficient (Wildman–Crippen LogP) is 2.75. The fraction of sp³-hybridized carbons (Fsp3) is 0.538. The van der Waals surface area contributed by atoms with Crippen LogP contribution in [0.4, 0.5) is 0 Å². The molecule has 1 N–H and O–H groups in total. The highest BCUT2D eigenvalue weighted by molar-refractivity contribution is 5.85. The van der Waals surface area contributed by atoms with E-state index < -0.39 is 0 Å². The molecule has 1 nitrogen and oxygen atoms in total. The summed E-state index contributed by atoms with van der Waals surface area (Å²) in [6, 6.07) is 8.98. The van der Waals surface area contributed by atoms with Crippen molar-refractivity contribution in [2.45, 2.75) is 25.7 Å². The molecule has 0 bridgehead atoms. The zero-order chi connectivity index (χ0) is 9.60. The third-order valence-corrected chi connectivity index (χ3v) is 4.11. The van der Waals surface area contributed by atoms with Crippen molar-refractivity contribution in [1.29, 1.82) is 0 Å². The lowest BCUT2D eigenvalue weighted by Crippen LogP contribution is -2.30. The highest BCUT2D eigenvalue weighted by atomic mass is 35.5. The van der Waals surface area contributed by atoms with Crippen LogP contribution in [0, 0.1) is 5.41 Å². The van der Waals surface area contributed by atoms with Crippen molar-refractivity contribution in [3.8, 4) is 0 Å². The maximum absolute atomic E-state index is 3.55. The van der Waals surface area contributed by atoms with Crippen LogP contribution in [-0.2, 0) is 6.42 Å². The summed E-state index contributed by atoms with van der Waals surface area (Å²) in [6.07, 6.45) is 2.62. The molecule has 1 aromatic rings. The first-order chi connectivity index (χ1) is 6.80. The lowest BCUT2D eigenvalue weighted by Gasteiger charge is -2.36. The Morgan fingerprint density at radius 3 is 3.00 bits per heavy atom. The predicted molar refractivity (Wildman–Crippen MR) is 65.7 cm³/mol. The SMILES string of the molecule is CC12CCc3ccccc3C1CNC2.Cl. The summed E-state index contributed by atoms with van der Waals surface area (Å²) in [5, 5.41) is 3.55. The van der Waals surface area contributed by atoms with Crippen molar-refractivity contribution < 1.29 is 0 Å². The van der Waals surface area contributed by atoms with Crippen LogP contribution in [-0.4, -0.2) is 13.1 Å². The molecule has 0 aromatic heterocycles. The number of fused-ring (bicyclic) bond motifs is 3. The molecule has 2 aliphatic rings. The van der Waals surface area contributed by atoms with Gasteiger partial charge in [-0.2, -0.15) is 0 Å². The van der Waals surface area contributed by atoms with E-state index in [1.807, 2.05) is 0 Å². The highest BCUT2D eigenvalue weighted by Gasteiger charge is 2.42. The van der Waals surface area contributed by atoms with Crippen LogP contribution < -0.4 is 5.32 Å². The van der Waals surface area contributed by atoms with Crippen LogP contribution in [0.15, 0.2) is 24.3 Å². The lowest BCUT2D eigenvalue weighted by molar-refractivity contribution is 0.277. The monoisotopic (exact) mass is 223 g/mol. The smallest absolute Gasteiger partial charge is 0.00322 e. The first-order valence-electron chi connectivity index (χ1n) is 5.58. The minimum absolute atomic E-state index is 0. The topological polar surface area (TPSA) is 12.0 Å². The zero-order valence-electron chi connectivity index (χ0n) is 9.12. The highest BCUT2D eigenvalue weighted by Crippen LogP contribution is 2.47. The lowest BCUT2D eigenvalue weighted by atomic mass is 9.67. The minimum Gasteiger partial charge on any atom is -0.316 e. The first kappa shape index (κ1) is 11.0. The van der Waals surface area contributed by atoms with Gasteiger partial charge in [-0.15, -0.1) is 12.4 Å². The molecule has 1 saturated heterocycles. The molecule has 15 heavy (non-hydrogen) atoms. The molecule has 0 saturated carbocycles. The van der Waals surface area contributed by atoms with Crippen LogP contribution in [0.25, 0.3) is 0 Å². The van der Waals surface area contributed by atoms with Crippen molar-refractivity contribution in [1.82, 2.24) is 5.32 Å². The molecule has 1 aliphatic heterocycles. The quantitative estimate of drug-likeness (QED) is 0.713. The van der Waals surface area contributed by atoms with E-state index in [2.05, 4.69) is 36.5 Å². The van der Waals surface area contributed by atoms with Crippen LogP contribution in [0.3, 0.4) is 0 Å². The molecule has 2 unspecified atom stereocenters. The van der Waals surface area contributed by atoms with E-state index in [9.17, 15) is 0 Å². The molecule has 3 rings (SSSR count). The van der Waals surface area contributed by atoms with Crippen LogP contribution >= 0.6 is 12.4 Å². The fourth-order valence-electron chi connectivity index (χ4n) is 3.14. The average molecular weight is 224 g/mol. The summed E-state index contributed by atoms with van der Waals surface area (Å²) in [5.41, 5.74) is 3.71. The Kier molecular flexibility index (Phi) is 2.78. The summed E-state index contributed by atoms with van der Waals surface area (Å²) in [4.78, 5) is 0. The standard InChI is InChI=1S/C13H17N.ClH/c1-13-7-6-10-4-2-3-5-11(10)12(13)8-14-9-13;/h2-5,12,14H,6-9H2,1H3;1H. The second-order valence-electron chi connectivity index (χ2n) is 5.04. The Bertz CT molecular complexity index is 363. The number of benzene rings is 1. The Labute approximate surface area is 97.7 Å². The summed E-state index contributed by atoms with van der Waals surface area (Å²) < 4.78 is 0. The third kappa shape index (κ3) is 1.58. The van der Waals surface area contributed by atoms with Gasteiger partial charge in [-0.1, -0.05) is 31.2 Å². The number of aryl methyl sites for hydroxylation is 1. The van der Waals surface area contributed by atoms with Gasteiger partial charge in [0.25, 0.3) is 0 Å². The number of halogens is 1. The molecule has 0 radical (unpaired) electrons. The normalized spacial score (nSPS) is 32.7. The van der Waals surface area contributed by atoms with Crippen molar-refractivity contribution in [2.24, 2.45) is 5.41 Å². The van der Waals surface area contributed by atoms with Crippen molar-refractivity contribution in [2.75, 3.05) is 13.1 Å². The van der Waals surface area contributed by atoms with E-state index in [4.69, 9.17) is 0 Å². The van der Waals surface area contributed by atoms with Crippen LogP contribution in [0.5, 0.6) is 0 Å². The molecule has 2 atom stereocenters. The maximum Gasteiger partial charge on any atom is 0.00322 e. The molecular formula is C13H18ClN. The third-order valence-electron chi connectivity index (χ3n) is 4.11. The van der Waals surface area contributed by atoms with E-state index in [1.165, 1.54) is 25.9 Å². The average Bonchev–Trinajstić information content (AvgIpc) is 2.60. The molecule has 1 aromatic carbocycles. The van der Waals surface area contributed by atoms with Gasteiger partial charge in [-0.3, -0.25) is 0 Å². The van der Waals surface area contributed by atoms with E-state index in [0.717, 1.165) is 5.92 Å². The summed E-state index contributed by atoms with van der Waals surface area (Å²) in [5.74, 6) is 0.757. The molecule has 0 amide bonds. The fourth-order valence-corrected chi connectivity index (χ4v) is 3.14. The van der Waals surface area contributed by atoms with Crippen molar-refractivity contribution in [3.05, 3.63) is 35.4 Å². The zero-order valence-corrected chi connectivity index (χ0v) is 9.94. The molecular weight excluding hydrogens is 206 g/mol. The van der Waals surface area contributed by atoms with Gasteiger partial charge in [0.05, 0.1) is 0 Å². The maximum atomic E-state index is 3.55. The molecule has 2 heteroatoms. The Morgan fingerprint density at radius 2 is 2.13 bits per heavy atom. The Hall–Kier alpha value is -0.530. The van der Waals surface area contributed by atoms with Crippen molar-refractivity contribution >= 4 is 12.4 Å². The second kappa shape index (κ2) is 3.80. The van der Waals surface area contributed by atoms with Crippen molar-refractivity contribution in [3.63, 3.8) is 0 Å². The van der Waals surface area contributed by atoms with Gasteiger partial charge in [-0.05, 0) is 29.4 Å². The van der Waals surface area contributed by atoms with Gasteiger partial charge in [0, 0.05) is 19.0 Å². The van der Waals surface area contributed by atoms with Gasteiger partial charge in [0.1, 0.15) is 0 Å². The summed E-state index contributed by atoms with van der Waals surface area (Å²) in [6.45, 7) is 4.81. The van der Waals surface area contributed by atoms with Crippen LogP contribution in [0.2, 0.25) is 0 Å². The summed E-state index contributed by atoms with van der Waals surface area (Å²) in [7, 11) is 0. The molecule has 1 fully saturated rings. The number of rotatable bonds is 0.